The highest BCUT2D eigenvalue weighted by molar-refractivity contribution is 5.91. The smallest absolute Gasteiger partial charge is 0.338 e. The van der Waals surface area contributed by atoms with Crippen molar-refractivity contribution in [1.29, 1.82) is 0 Å². The van der Waals surface area contributed by atoms with Gasteiger partial charge in [0.1, 0.15) is 12.7 Å². The van der Waals surface area contributed by atoms with Crippen LogP contribution in [0.3, 0.4) is 0 Å². The third kappa shape index (κ3) is 5.24. The van der Waals surface area contributed by atoms with E-state index < -0.39 is 48.6 Å². The maximum Gasteiger partial charge on any atom is 0.338 e. The van der Waals surface area contributed by atoms with E-state index in [1.165, 1.54) is 0 Å². The molecule has 3 aromatic carbocycles. The van der Waals surface area contributed by atoms with Gasteiger partial charge in [-0.05, 0) is 36.4 Å². The first-order chi connectivity index (χ1) is 17.1. The van der Waals surface area contributed by atoms with Crippen LogP contribution in [0, 0.1) is 0 Å². The van der Waals surface area contributed by atoms with Crippen LogP contribution in [0.2, 0.25) is 0 Å². The number of hydrogen-bond donors (Lipinski definition) is 0. The second-order valence-electron chi connectivity index (χ2n) is 8.08. The SMILES string of the molecule is O=C(OC[C@H]1O[C@@H]2O[C@@H]2[C@@H](OC(=O)c2ccccc2)[C@H]1OC(=O)c1ccccc1)c1ccccc1. The van der Waals surface area contributed by atoms with E-state index in [9.17, 15) is 14.4 Å². The molecule has 0 N–H and O–H groups in total. The minimum Gasteiger partial charge on any atom is -0.459 e. The Morgan fingerprint density at radius 1 is 0.600 bits per heavy atom. The molecule has 0 saturated carbocycles. The number of fused-ring (bicyclic) bond motifs is 1. The summed E-state index contributed by atoms with van der Waals surface area (Å²) in [6, 6.07) is 25.4. The number of hydrogen-bond acceptors (Lipinski definition) is 8. The summed E-state index contributed by atoms with van der Waals surface area (Å²) in [7, 11) is 0. The lowest BCUT2D eigenvalue weighted by atomic mass is 10.0. The van der Waals surface area contributed by atoms with Gasteiger partial charge in [-0.1, -0.05) is 54.6 Å². The van der Waals surface area contributed by atoms with Crippen LogP contribution in [0.15, 0.2) is 91.0 Å². The van der Waals surface area contributed by atoms with E-state index in [0.29, 0.717) is 16.7 Å². The summed E-state index contributed by atoms with van der Waals surface area (Å²) in [4.78, 5) is 38.1. The second-order valence-corrected chi connectivity index (χ2v) is 8.08. The molecule has 0 aliphatic carbocycles. The molecule has 8 nitrogen and oxygen atoms in total. The molecule has 178 valence electrons. The van der Waals surface area contributed by atoms with Gasteiger partial charge >= 0.3 is 17.9 Å². The van der Waals surface area contributed by atoms with Crippen LogP contribution < -0.4 is 0 Å². The summed E-state index contributed by atoms with van der Waals surface area (Å²) in [6.45, 7) is -0.230. The van der Waals surface area contributed by atoms with E-state index in [2.05, 4.69) is 0 Å². The summed E-state index contributed by atoms with van der Waals surface area (Å²) < 4.78 is 28.3. The highest BCUT2D eigenvalue weighted by Gasteiger charge is 2.60. The van der Waals surface area contributed by atoms with E-state index in [4.69, 9.17) is 23.7 Å². The fourth-order valence-corrected chi connectivity index (χ4v) is 3.86. The van der Waals surface area contributed by atoms with Crippen LogP contribution in [0.4, 0.5) is 0 Å². The maximum atomic E-state index is 12.9. The van der Waals surface area contributed by atoms with Crippen LogP contribution in [-0.4, -0.2) is 55.2 Å². The summed E-state index contributed by atoms with van der Waals surface area (Å²) >= 11 is 0. The van der Waals surface area contributed by atoms with Gasteiger partial charge in [0.25, 0.3) is 0 Å². The summed E-state index contributed by atoms with van der Waals surface area (Å²) in [5.74, 6) is -1.77. The van der Waals surface area contributed by atoms with Gasteiger partial charge in [0.15, 0.2) is 24.6 Å². The Hall–Kier alpha value is -4.01. The van der Waals surface area contributed by atoms with Crippen molar-refractivity contribution in [2.24, 2.45) is 0 Å². The van der Waals surface area contributed by atoms with Crippen molar-refractivity contribution in [3.8, 4) is 0 Å². The molecule has 8 heteroatoms. The molecular formula is C27H22O8. The second kappa shape index (κ2) is 10.1. The van der Waals surface area contributed by atoms with Crippen LogP contribution in [0.25, 0.3) is 0 Å². The highest BCUT2D eigenvalue weighted by Crippen LogP contribution is 2.39. The minimum atomic E-state index is -1.07. The van der Waals surface area contributed by atoms with Crippen LogP contribution in [0.5, 0.6) is 0 Å². The van der Waals surface area contributed by atoms with Crippen molar-refractivity contribution in [3.05, 3.63) is 108 Å². The highest BCUT2D eigenvalue weighted by atomic mass is 16.8. The lowest BCUT2D eigenvalue weighted by Gasteiger charge is -2.34. The Labute approximate surface area is 201 Å². The molecule has 0 spiro atoms. The van der Waals surface area contributed by atoms with Gasteiger partial charge in [-0.2, -0.15) is 0 Å². The van der Waals surface area contributed by atoms with E-state index in [1.807, 2.05) is 0 Å². The Balaban J connectivity index is 1.36. The summed E-state index contributed by atoms with van der Waals surface area (Å²) in [6.07, 6.45) is -4.18. The quantitative estimate of drug-likeness (QED) is 0.292. The van der Waals surface area contributed by atoms with E-state index in [0.717, 1.165) is 0 Å². The molecule has 2 aliphatic rings. The van der Waals surface area contributed by atoms with Crippen molar-refractivity contribution in [2.45, 2.75) is 30.7 Å². The van der Waals surface area contributed by atoms with Crippen LogP contribution in [-0.2, 0) is 23.7 Å². The normalized spacial score (nSPS) is 24.5. The fraction of sp³-hybridized carbons (Fsp3) is 0.222. The van der Waals surface area contributed by atoms with Gasteiger partial charge in [0.05, 0.1) is 16.7 Å². The number of ether oxygens (including phenoxy) is 5. The molecule has 5 atom stereocenters. The molecule has 2 heterocycles. The fourth-order valence-electron chi connectivity index (χ4n) is 3.86. The average Bonchev–Trinajstić information content (AvgIpc) is 3.69. The number of carbonyl (C=O) groups is 3. The zero-order valence-corrected chi connectivity index (χ0v) is 18.5. The molecule has 3 aromatic rings. The Bertz CT molecular complexity index is 1180. The maximum absolute atomic E-state index is 12.9. The molecule has 2 aliphatic heterocycles. The lowest BCUT2D eigenvalue weighted by molar-refractivity contribution is -0.150. The van der Waals surface area contributed by atoms with Gasteiger partial charge in [0.2, 0.25) is 0 Å². The average molecular weight is 474 g/mol. The molecule has 2 fully saturated rings. The monoisotopic (exact) mass is 474 g/mol. The first-order valence-electron chi connectivity index (χ1n) is 11.2. The number of benzene rings is 3. The topological polar surface area (TPSA) is 101 Å². The lowest BCUT2D eigenvalue weighted by Crippen LogP contribution is -2.53. The minimum absolute atomic E-state index is 0.230. The molecule has 5 rings (SSSR count). The molecule has 35 heavy (non-hydrogen) atoms. The molecule has 0 aromatic heterocycles. The van der Waals surface area contributed by atoms with Crippen molar-refractivity contribution in [1.82, 2.24) is 0 Å². The number of carbonyl (C=O) groups excluding carboxylic acids is 3. The molecule has 2 saturated heterocycles. The first-order valence-corrected chi connectivity index (χ1v) is 11.2. The third-order valence-electron chi connectivity index (χ3n) is 5.70. The Kier molecular flexibility index (Phi) is 6.56. The van der Waals surface area contributed by atoms with Gasteiger partial charge in [-0.25, -0.2) is 14.4 Å². The van der Waals surface area contributed by atoms with Gasteiger partial charge in [-0.15, -0.1) is 0 Å². The Morgan fingerprint density at radius 3 is 1.57 bits per heavy atom. The number of rotatable bonds is 7. The predicted octanol–water partition coefficient (Wildman–Crippen LogP) is 3.42. The molecule has 0 bridgehead atoms. The zero-order chi connectivity index (χ0) is 24.2. The van der Waals surface area contributed by atoms with Crippen molar-refractivity contribution < 1.29 is 38.1 Å². The number of epoxide rings is 1. The Morgan fingerprint density at radius 2 is 1.06 bits per heavy atom. The number of esters is 3. The van der Waals surface area contributed by atoms with Crippen LogP contribution in [0.1, 0.15) is 31.1 Å². The van der Waals surface area contributed by atoms with Gasteiger partial charge < -0.3 is 23.7 Å². The van der Waals surface area contributed by atoms with Gasteiger partial charge in [0, 0.05) is 0 Å². The molecule has 0 radical (unpaired) electrons. The van der Waals surface area contributed by atoms with E-state index >= 15 is 0 Å². The standard InChI is InChI=1S/C27H22O8/c28-24(17-10-4-1-5-11-17)31-16-20-21(33-25(29)18-12-6-2-7-13-18)22(23-27(32-20)35-23)34-26(30)19-14-8-3-9-15-19/h1-15,20-23,27H,16H2/t20-,21+,22+,23-,27-/m1/s1. The van der Waals surface area contributed by atoms with Crippen LogP contribution >= 0.6 is 0 Å². The van der Waals surface area contributed by atoms with Gasteiger partial charge in [-0.3, -0.25) is 0 Å². The van der Waals surface area contributed by atoms with Crippen molar-refractivity contribution >= 4 is 17.9 Å². The zero-order valence-electron chi connectivity index (χ0n) is 18.5. The van der Waals surface area contributed by atoms with Crippen molar-refractivity contribution in [2.75, 3.05) is 6.61 Å². The summed E-state index contributed by atoms with van der Waals surface area (Å²) in [5, 5.41) is 0. The van der Waals surface area contributed by atoms with E-state index in [1.54, 1.807) is 91.0 Å². The third-order valence-corrected chi connectivity index (χ3v) is 5.70. The first kappa shape index (κ1) is 22.8. The molecular weight excluding hydrogens is 452 g/mol. The van der Waals surface area contributed by atoms with E-state index in [-0.39, 0.29) is 6.61 Å². The van der Waals surface area contributed by atoms with Crippen molar-refractivity contribution in [3.63, 3.8) is 0 Å². The predicted molar refractivity (Wildman–Crippen MR) is 122 cm³/mol. The molecule has 0 unspecified atom stereocenters. The summed E-state index contributed by atoms with van der Waals surface area (Å²) in [5.41, 5.74) is 1.03. The molecule has 0 amide bonds. The largest absolute Gasteiger partial charge is 0.459 e.